The molecule has 1 saturated carbocycles. The lowest BCUT2D eigenvalue weighted by Gasteiger charge is -2.29. The molecule has 1 N–H and O–H groups in total. The van der Waals surface area contributed by atoms with Crippen LogP contribution in [0.1, 0.15) is 38.2 Å². The third-order valence-corrected chi connectivity index (χ3v) is 4.31. The molecule has 0 heterocycles. The third kappa shape index (κ3) is 3.60. The van der Waals surface area contributed by atoms with E-state index in [2.05, 4.69) is 11.9 Å². The first kappa shape index (κ1) is 17.2. The minimum atomic E-state index is -0.988. The van der Waals surface area contributed by atoms with E-state index >= 15 is 0 Å². The van der Waals surface area contributed by atoms with Gasteiger partial charge in [0.05, 0.1) is 5.41 Å². The minimum Gasteiger partial charge on any atom is -0.452 e. The van der Waals surface area contributed by atoms with Crippen LogP contribution in [0.15, 0.2) is 36.9 Å². The average Bonchev–Trinajstić information content (AvgIpc) is 3.03. The molecule has 1 atom stereocenters. The zero-order valence-electron chi connectivity index (χ0n) is 13.3. The van der Waals surface area contributed by atoms with E-state index in [9.17, 15) is 14.0 Å². The van der Waals surface area contributed by atoms with Crippen molar-refractivity contribution in [3.63, 3.8) is 0 Å². The summed E-state index contributed by atoms with van der Waals surface area (Å²) >= 11 is 0. The van der Waals surface area contributed by atoms with Gasteiger partial charge in [-0.15, -0.1) is 6.58 Å². The molecule has 1 fully saturated rings. The molecule has 1 aliphatic carbocycles. The molecule has 1 amide bonds. The number of hydrogen-bond donors (Lipinski definition) is 1. The molecular weight excluding hydrogens is 297 g/mol. The number of esters is 1. The molecule has 124 valence electrons. The fraction of sp³-hybridized carbons (Fsp3) is 0.444. The van der Waals surface area contributed by atoms with Crippen molar-refractivity contribution >= 4 is 11.9 Å². The van der Waals surface area contributed by atoms with Crippen LogP contribution in [-0.4, -0.2) is 24.5 Å². The van der Waals surface area contributed by atoms with Gasteiger partial charge < -0.3 is 10.1 Å². The Morgan fingerprint density at radius 1 is 1.39 bits per heavy atom. The summed E-state index contributed by atoms with van der Waals surface area (Å²) in [6.45, 7) is 5.33. The molecule has 1 aliphatic rings. The summed E-state index contributed by atoms with van der Waals surface area (Å²) in [5, 5.41) is 2.58. The Hall–Kier alpha value is -2.17. The molecule has 0 unspecified atom stereocenters. The van der Waals surface area contributed by atoms with E-state index in [-0.39, 0.29) is 5.91 Å². The Bertz CT molecular complexity index is 594. The summed E-state index contributed by atoms with van der Waals surface area (Å²) in [5.74, 6) is -1.32. The van der Waals surface area contributed by atoms with E-state index in [0.717, 1.165) is 12.8 Å². The first-order valence-electron chi connectivity index (χ1n) is 7.86. The molecule has 1 aromatic rings. The highest BCUT2D eigenvalue weighted by molar-refractivity contribution is 5.88. The summed E-state index contributed by atoms with van der Waals surface area (Å²) in [6.07, 6.45) is 3.36. The second-order valence-corrected chi connectivity index (χ2v) is 5.85. The number of halogens is 1. The lowest BCUT2D eigenvalue weighted by atomic mass is 9.78. The van der Waals surface area contributed by atoms with Crippen LogP contribution in [0.2, 0.25) is 0 Å². The lowest BCUT2D eigenvalue weighted by molar-refractivity contribution is -0.160. The fourth-order valence-electron chi connectivity index (χ4n) is 3.05. The second kappa shape index (κ2) is 7.40. The van der Waals surface area contributed by atoms with Crippen LogP contribution in [0.25, 0.3) is 0 Å². The van der Waals surface area contributed by atoms with Gasteiger partial charge in [-0.2, -0.15) is 0 Å². The summed E-state index contributed by atoms with van der Waals surface area (Å²) in [5.41, 5.74) is -0.626. The second-order valence-electron chi connectivity index (χ2n) is 5.85. The predicted octanol–water partition coefficient (Wildman–Crippen LogP) is 2.87. The van der Waals surface area contributed by atoms with E-state index < -0.39 is 23.3 Å². The van der Waals surface area contributed by atoms with Gasteiger partial charge in [0.15, 0.2) is 6.10 Å². The molecule has 2 rings (SSSR count). The number of amides is 1. The highest BCUT2D eigenvalue weighted by Crippen LogP contribution is 2.43. The Kier molecular flexibility index (Phi) is 5.53. The highest BCUT2D eigenvalue weighted by atomic mass is 19.1. The van der Waals surface area contributed by atoms with Crippen LogP contribution in [0.3, 0.4) is 0 Å². The quantitative estimate of drug-likeness (QED) is 0.648. The summed E-state index contributed by atoms with van der Waals surface area (Å²) < 4.78 is 19.6. The number of ether oxygens (including phenoxy) is 1. The van der Waals surface area contributed by atoms with Gasteiger partial charge >= 0.3 is 5.97 Å². The van der Waals surface area contributed by atoms with E-state index in [1.807, 2.05) is 0 Å². The summed E-state index contributed by atoms with van der Waals surface area (Å²) in [4.78, 5) is 24.6. The van der Waals surface area contributed by atoms with Crippen LogP contribution < -0.4 is 5.32 Å². The smallest absolute Gasteiger partial charge is 0.317 e. The average molecular weight is 319 g/mol. The largest absolute Gasteiger partial charge is 0.452 e. The Morgan fingerprint density at radius 3 is 2.65 bits per heavy atom. The number of carbonyl (C=O) groups is 2. The summed E-state index contributed by atoms with van der Waals surface area (Å²) in [6, 6.07) is 6.29. The van der Waals surface area contributed by atoms with Gasteiger partial charge in [0.1, 0.15) is 5.82 Å². The Labute approximate surface area is 135 Å². The van der Waals surface area contributed by atoms with Crippen LogP contribution in [0.5, 0.6) is 0 Å². The third-order valence-electron chi connectivity index (χ3n) is 4.31. The zero-order valence-corrected chi connectivity index (χ0v) is 13.3. The van der Waals surface area contributed by atoms with Gasteiger partial charge in [0.25, 0.3) is 5.91 Å². The molecule has 0 saturated heterocycles. The van der Waals surface area contributed by atoms with Gasteiger partial charge in [0, 0.05) is 12.1 Å². The fourth-order valence-corrected chi connectivity index (χ4v) is 3.05. The SMILES string of the molecule is C=CCNC(=O)[C@@H](C)OC(=O)C1(c2ccccc2F)CCCC1. The molecule has 4 nitrogen and oxygen atoms in total. The van der Waals surface area contributed by atoms with Gasteiger partial charge in [-0.3, -0.25) is 9.59 Å². The maximum Gasteiger partial charge on any atom is 0.317 e. The highest BCUT2D eigenvalue weighted by Gasteiger charge is 2.46. The minimum absolute atomic E-state index is 0.305. The molecule has 0 bridgehead atoms. The number of nitrogens with one attached hydrogen (secondary N) is 1. The monoisotopic (exact) mass is 319 g/mol. The zero-order chi connectivity index (χ0) is 16.9. The van der Waals surface area contributed by atoms with Crippen LogP contribution in [0, 0.1) is 5.82 Å². The van der Waals surface area contributed by atoms with Crippen molar-refractivity contribution in [2.45, 2.75) is 44.1 Å². The molecule has 0 radical (unpaired) electrons. The lowest BCUT2D eigenvalue weighted by Crippen LogP contribution is -2.42. The van der Waals surface area contributed by atoms with Crippen molar-refractivity contribution < 1.29 is 18.7 Å². The van der Waals surface area contributed by atoms with Crippen molar-refractivity contribution in [3.8, 4) is 0 Å². The topological polar surface area (TPSA) is 55.4 Å². The van der Waals surface area contributed by atoms with Crippen molar-refractivity contribution in [1.29, 1.82) is 0 Å². The molecular formula is C18H22FNO3. The van der Waals surface area contributed by atoms with Crippen molar-refractivity contribution in [1.82, 2.24) is 5.32 Å². The first-order chi connectivity index (χ1) is 11.0. The molecule has 23 heavy (non-hydrogen) atoms. The van der Waals surface area contributed by atoms with Gasteiger partial charge in [-0.25, -0.2) is 4.39 Å². The van der Waals surface area contributed by atoms with Crippen molar-refractivity contribution in [3.05, 3.63) is 48.3 Å². The number of benzene rings is 1. The van der Waals surface area contributed by atoms with Gasteiger partial charge in [-0.1, -0.05) is 37.1 Å². The number of hydrogen-bond acceptors (Lipinski definition) is 3. The van der Waals surface area contributed by atoms with Crippen LogP contribution in [0.4, 0.5) is 4.39 Å². The van der Waals surface area contributed by atoms with Crippen molar-refractivity contribution in [2.24, 2.45) is 0 Å². The molecule has 0 spiro atoms. The Balaban J connectivity index is 2.18. The van der Waals surface area contributed by atoms with E-state index in [1.54, 1.807) is 24.3 Å². The molecule has 5 heteroatoms. The maximum absolute atomic E-state index is 14.2. The Morgan fingerprint density at radius 2 is 2.04 bits per heavy atom. The normalized spacial score (nSPS) is 17.3. The van der Waals surface area contributed by atoms with Crippen molar-refractivity contribution in [2.75, 3.05) is 6.54 Å². The number of rotatable bonds is 6. The first-order valence-corrected chi connectivity index (χ1v) is 7.86. The van der Waals surface area contributed by atoms with E-state index in [0.29, 0.717) is 24.9 Å². The molecule has 0 aliphatic heterocycles. The predicted molar refractivity (Wildman–Crippen MR) is 85.3 cm³/mol. The van der Waals surface area contributed by atoms with Crippen LogP contribution >= 0.6 is 0 Å². The maximum atomic E-state index is 14.2. The van der Waals surface area contributed by atoms with E-state index in [4.69, 9.17) is 4.74 Å². The number of carbonyl (C=O) groups excluding carboxylic acids is 2. The molecule has 0 aromatic heterocycles. The summed E-state index contributed by atoms with van der Waals surface area (Å²) in [7, 11) is 0. The van der Waals surface area contributed by atoms with Gasteiger partial charge in [0.2, 0.25) is 0 Å². The van der Waals surface area contributed by atoms with Crippen LogP contribution in [-0.2, 0) is 19.7 Å². The van der Waals surface area contributed by atoms with E-state index in [1.165, 1.54) is 13.0 Å². The standard InChI is InChI=1S/C18H22FNO3/c1-3-12-20-16(21)13(2)23-17(22)18(10-6-7-11-18)14-8-4-5-9-15(14)19/h3-5,8-9,13H,1,6-7,10-12H2,2H3,(H,20,21)/t13-/m1/s1. The molecule has 1 aromatic carbocycles. The van der Waals surface area contributed by atoms with Gasteiger partial charge in [-0.05, 0) is 25.8 Å².